The zero-order valence-electron chi connectivity index (χ0n) is 8.39. The van der Waals surface area contributed by atoms with Gasteiger partial charge in [-0.3, -0.25) is 4.79 Å². The highest BCUT2D eigenvalue weighted by Crippen LogP contribution is 2.40. The first kappa shape index (κ1) is 9.00. The first-order valence-corrected chi connectivity index (χ1v) is 5.11. The van der Waals surface area contributed by atoms with Gasteiger partial charge >= 0.3 is 0 Å². The number of hydrogen-bond donors (Lipinski definition) is 2. The van der Waals surface area contributed by atoms with Gasteiger partial charge in [0, 0.05) is 19.1 Å². The second kappa shape index (κ2) is 2.98. The van der Waals surface area contributed by atoms with Gasteiger partial charge in [0.25, 0.3) is 0 Å². The van der Waals surface area contributed by atoms with Crippen molar-refractivity contribution in [3.05, 3.63) is 0 Å². The summed E-state index contributed by atoms with van der Waals surface area (Å²) in [6.07, 6.45) is 2.39. The molecule has 0 spiro atoms. The van der Waals surface area contributed by atoms with Crippen LogP contribution in [0, 0.1) is 11.3 Å². The van der Waals surface area contributed by atoms with Gasteiger partial charge in [-0.15, -0.1) is 0 Å². The van der Waals surface area contributed by atoms with Crippen molar-refractivity contribution >= 4 is 5.91 Å². The lowest BCUT2D eigenvalue weighted by Gasteiger charge is -2.45. The third kappa shape index (κ3) is 1.57. The summed E-state index contributed by atoms with van der Waals surface area (Å²) in [6.45, 7) is 6.17. The summed E-state index contributed by atoms with van der Waals surface area (Å²) in [6, 6.07) is 0.417. The zero-order chi connectivity index (χ0) is 9.47. The lowest BCUT2D eigenvalue weighted by Crippen LogP contribution is -2.58. The van der Waals surface area contributed by atoms with Crippen molar-refractivity contribution in [2.75, 3.05) is 13.1 Å². The minimum atomic E-state index is 0.233. The van der Waals surface area contributed by atoms with Crippen LogP contribution >= 0.6 is 0 Å². The Morgan fingerprint density at radius 3 is 2.46 bits per heavy atom. The van der Waals surface area contributed by atoms with Crippen LogP contribution in [0.5, 0.6) is 0 Å². The van der Waals surface area contributed by atoms with Crippen LogP contribution in [-0.4, -0.2) is 25.0 Å². The van der Waals surface area contributed by atoms with Gasteiger partial charge in [0.15, 0.2) is 0 Å². The Morgan fingerprint density at radius 1 is 1.46 bits per heavy atom. The average molecular weight is 182 g/mol. The van der Waals surface area contributed by atoms with Crippen LogP contribution in [0.2, 0.25) is 0 Å². The molecule has 2 fully saturated rings. The maximum atomic E-state index is 11.6. The van der Waals surface area contributed by atoms with E-state index in [1.54, 1.807) is 0 Å². The molecule has 74 valence electrons. The monoisotopic (exact) mass is 182 g/mol. The van der Waals surface area contributed by atoms with Crippen molar-refractivity contribution in [2.24, 2.45) is 11.3 Å². The molecule has 2 N–H and O–H groups in total. The van der Waals surface area contributed by atoms with Crippen molar-refractivity contribution in [1.82, 2.24) is 10.6 Å². The molecule has 2 aliphatic rings. The molecule has 1 heterocycles. The lowest BCUT2D eigenvalue weighted by atomic mass is 9.67. The van der Waals surface area contributed by atoms with Gasteiger partial charge < -0.3 is 10.6 Å². The topological polar surface area (TPSA) is 41.1 Å². The maximum absolute atomic E-state index is 11.6. The highest BCUT2D eigenvalue weighted by molar-refractivity contribution is 5.80. The first-order valence-electron chi connectivity index (χ1n) is 5.11. The molecule has 3 heteroatoms. The molecule has 0 aromatic heterocycles. The summed E-state index contributed by atoms with van der Waals surface area (Å²) in [5, 5.41) is 6.24. The van der Waals surface area contributed by atoms with Gasteiger partial charge in [0.1, 0.15) is 0 Å². The van der Waals surface area contributed by atoms with Crippen LogP contribution in [0.25, 0.3) is 0 Å². The van der Waals surface area contributed by atoms with Gasteiger partial charge in [-0.05, 0) is 18.3 Å². The molecular weight excluding hydrogens is 164 g/mol. The number of rotatable bonds is 2. The Hall–Kier alpha value is -0.570. The lowest BCUT2D eigenvalue weighted by molar-refractivity contribution is -0.129. The fourth-order valence-corrected chi connectivity index (χ4v) is 1.90. The van der Waals surface area contributed by atoms with E-state index in [1.807, 2.05) is 0 Å². The van der Waals surface area contributed by atoms with E-state index in [2.05, 4.69) is 24.5 Å². The predicted molar refractivity (Wildman–Crippen MR) is 51.3 cm³/mol. The van der Waals surface area contributed by atoms with Crippen molar-refractivity contribution in [1.29, 1.82) is 0 Å². The summed E-state index contributed by atoms with van der Waals surface area (Å²) in [5.74, 6) is 0.480. The van der Waals surface area contributed by atoms with Crippen molar-refractivity contribution < 1.29 is 4.79 Å². The van der Waals surface area contributed by atoms with Gasteiger partial charge in [-0.1, -0.05) is 13.8 Å². The van der Waals surface area contributed by atoms with Crippen LogP contribution in [0.1, 0.15) is 26.7 Å². The Balaban J connectivity index is 1.80. The van der Waals surface area contributed by atoms with E-state index in [9.17, 15) is 4.79 Å². The zero-order valence-corrected chi connectivity index (χ0v) is 8.39. The second-order valence-electron chi connectivity index (χ2n) is 4.94. The Morgan fingerprint density at radius 2 is 2.15 bits per heavy atom. The first-order chi connectivity index (χ1) is 6.09. The average Bonchev–Trinajstić information content (AvgIpc) is 1.95. The molecule has 1 aliphatic heterocycles. The summed E-state index contributed by atoms with van der Waals surface area (Å²) in [7, 11) is 0. The van der Waals surface area contributed by atoms with E-state index in [0.717, 1.165) is 19.5 Å². The fraction of sp³-hybridized carbons (Fsp3) is 0.900. The number of hydrogen-bond acceptors (Lipinski definition) is 2. The van der Waals surface area contributed by atoms with Gasteiger partial charge in [0.05, 0.1) is 5.92 Å². The summed E-state index contributed by atoms with van der Waals surface area (Å²) >= 11 is 0. The minimum absolute atomic E-state index is 0.233. The van der Waals surface area contributed by atoms with Crippen LogP contribution in [0.3, 0.4) is 0 Å². The number of carbonyl (C=O) groups is 1. The van der Waals surface area contributed by atoms with Gasteiger partial charge in [-0.2, -0.15) is 0 Å². The molecule has 2 rings (SSSR count). The van der Waals surface area contributed by atoms with Crippen molar-refractivity contribution in [2.45, 2.75) is 32.7 Å². The predicted octanol–water partition coefficient (Wildman–Crippen LogP) is 0.511. The molecule has 13 heavy (non-hydrogen) atoms. The molecule has 0 aromatic rings. The van der Waals surface area contributed by atoms with Crippen molar-refractivity contribution in [3.8, 4) is 0 Å². The standard InChI is InChI=1S/C10H18N2O/c1-10(2)4-3-8(10)12-9(13)7-5-11-6-7/h7-8,11H,3-6H2,1-2H3,(H,12,13). The maximum Gasteiger partial charge on any atom is 0.225 e. The minimum Gasteiger partial charge on any atom is -0.353 e. The molecule has 1 amide bonds. The van der Waals surface area contributed by atoms with Crippen LogP contribution in [0.15, 0.2) is 0 Å². The normalized spacial score (nSPS) is 31.7. The SMILES string of the molecule is CC1(C)CCC1NC(=O)C1CNC1. The Labute approximate surface area is 79.3 Å². The molecular formula is C10H18N2O. The van der Waals surface area contributed by atoms with E-state index in [-0.39, 0.29) is 11.8 Å². The van der Waals surface area contributed by atoms with E-state index in [4.69, 9.17) is 0 Å². The highest BCUT2D eigenvalue weighted by Gasteiger charge is 2.40. The van der Waals surface area contributed by atoms with E-state index >= 15 is 0 Å². The molecule has 1 saturated heterocycles. The van der Waals surface area contributed by atoms with Crippen molar-refractivity contribution in [3.63, 3.8) is 0 Å². The molecule has 1 aliphatic carbocycles. The number of nitrogens with one attached hydrogen (secondary N) is 2. The fourth-order valence-electron chi connectivity index (χ4n) is 1.90. The third-order valence-electron chi connectivity index (χ3n) is 3.49. The molecule has 0 bridgehead atoms. The molecule has 1 atom stereocenters. The highest BCUT2D eigenvalue weighted by atomic mass is 16.2. The quantitative estimate of drug-likeness (QED) is 0.653. The van der Waals surface area contributed by atoms with E-state index in [0.29, 0.717) is 11.5 Å². The summed E-state index contributed by atoms with van der Waals surface area (Å²) in [5.41, 5.74) is 0.326. The number of amides is 1. The summed E-state index contributed by atoms with van der Waals surface area (Å²) in [4.78, 5) is 11.6. The molecule has 0 aromatic carbocycles. The third-order valence-corrected chi connectivity index (χ3v) is 3.49. The second-order valence-corrected chi connectivity index (χ2v) is 4.94. The Bertz CT molecular complexity index is 221. The Kier molecular flexibility index (Phi) is 2.06. The van der Waals surface area contributed by atoms with Crippen LogP contribution < -0.4 is 10.6 Å². The molecule has 1 saturated carbocycles. The van der Waals surface area contributed by atoms with Crippen LogP contribution in [0.4, 0.5) is 0 Å². The van der Waals surface area contributed by atoms with Gasteiger partial charge in [0.2, 0.25) is 5.91 Å². The smallest absolute Gasteiger partial charge is 0.225 e. The van der Waals surface area contributed by atoms with Gasteiger partial charge in [-0.25, -0.2) is 0 Å². The van der Waals surface area contributed by atoms with E-state index < -0.39 is 0 Å². The summed E-state index contributed by atoms with van der Waals surface area (Å²) < 4.78 is 0. The van der Waals surface area contributed by atoms with Crippen LogP contribution in [-0.2, 0) is 4.79 Å². The molecule has 0 radical (unpaired) electrons. The largest absolute Gasteiger partial charge is 0.353 e. The number of carbonyl (C=O) groups excluding carboxylic acids is 1. The van der Waals surface area contributed by atoms with E-state index in [1.165, 1.54) is 6.42 Å². The molecule has 1 unspecified atom stereocenters. The molecule has 3 nitrogen and oxygen atoms in total.